The molecule has 0 fully saturated rings. The van der Waals surface area contributed by atoms with Gasteiger partial charge in [0.15, 0.2) is 0 Å². The molecule has 218 valence electrons. The highest BCUT2D eigenvalue weighted by atomic mass is 15.0. The van der Waals surface area contributed by atoms with Gasteiger partial charge in [-0.1, -0.05) is 0 Å². The highest BCUT2D eigenvalue weighted by Gasteiger charge is 2.24. The van der Waals surface area contributed by atoms with Crippen LogP contribution in [0.3, 0.4) is 0 Å². The summed E-state index contributed by atoms with van der Waals surface area (Å²) in [7, 11) is 0. The minimum atomic E-state index is 0.410. The quantitative estimate of drug-likeness (QED) is 0.197. The molecule has 0 aliphatic carbocycles. The molecule has 0 unspecified atom stereocenters. The molecule has 8 nitrogen and oxygen atoms in total. The van der Waals surface area contributed by atoms with E-state index in [-0.39, 0.29) is 0 Å². The van der Waals surface area contributed by atoms with Crippen LogP contribution in [0.2, 0.25) is 0 Å². The molecule has 8 heteroatoms. The Kier molecular flexibility index (Phi) is 6.22. The predicted molar refractivity (Wildman–Crippen MR) is 182 cm³/mol. The predicted octanol–water partition coefficient (Wildman–Crippen LogP) is 8.30. The SMILES string of the molecule is N#Cc1cc(-n2c3ccc(C#N)cc3c3cc(C#N)ccc32)c(-c2ccncc2)c(-n2c3ccc(C#N)cc3c3cc(C#N)ccc32)c1. The standard InChI is InChI=1S/C40H18N8/c41-19-24-1-5-34-30(13-24)31-14-25(20-42)2-6-35(31)47(34)38-17-28(23-45)18-39(40(38)29-9-11-46-12-10-29)48-36-7-3-26(21-43)15-32(36)33-16-27(22-44)4-8-37(33)48/h1-18H. The van der Waals surface area contributed by atoms with Crippen LogP contribution in [0.4, 0.5) is 0 Å². The summed E-state index contributed by atoms with van der Waals surface area (Å²) in [5, 5.41) is 52.6. The number of nitrogens with zero attached hydrogens (tertiary/aromatic N) is 8. The zero-order chi connectivity index (χ0) is 32.9. The molecule has 0 atom stereocenters. The smallest absolute Gasteiger partial charge is 0.0993 e. The van der Waals surface area contributed by atoms with Crippen LogP contribution < -0.4 is 0 Å². The Morgan fingerprint density at radius 3 is 1.04 bits per heavy atom. The average molecular weight is 611 g/mol. The van der Waals surface area contributed by atoms with Gasteiger partial charge in [0, 0.05) is 39.5 Å². The van der Waals surface area contributed by atoms with E-state index in [1.807, 2.05) is 72.8 Å². The molecule has 0 bridgehead atoms. The Bertz CT molecular complexity index is 2580. The number of hydrogen-bond acceptors (Lipinski definition) is 6. The second kappa shape index (κ2) is 10.7. The number of pyridine rings is 1. The molecule has 0 radical (unpaired) electrons. The van der Waals surface area contributed by atoms with Crippen LogP contribution in [-0.4, -0.2) is 14.1 Å². The van der Waals surface area contributed by atoms with Gasteiger partial charge in [-0.15, -0.1) is 0 Å². The van der Waals surface area contributed by atoms with Gasteiger partial charge in [-0.3, -0.25) is 4.98 Å². The maximum absolute atomic E-state index is 10.4. The molecule has 0 saturated heterocycles. The molecule has 5 aromatic carbocycles. The summed E-state index contributed by atoms with van der Waals surface area (Å²) in [6, 6.07) is 40.7. The highest BCUT2D eigenvalue weighted by Crippen LogP contribution is 2.43. The third kappa shape index (κ3) is 4.08. The number of rotatable bonds is 3. The van der Waals surface area contributed by atoms with E-state index in [1.165, 1.54) is 0 Å². The van der Waals surface area contributed by atoms with Crippen LogP contribution in [0.5, 0.6) is 0 Å². The molecule has 0 saturated carbocycles. The first-order chi connectivity index (χ1) is 23.6. The van der Waals surface area contributed by atoms with Crippen molar-refractivity contribution in [3.63, 3.8) is 0 Å². The van der Waals surface area contributed by atoms with E-state index in [1.54, 1.807) is 36.7 Å². The number of benzene rings is 5. The Balaban J connectivity index is 1.59. The molecular weight excluding hydrogens is 592 g/mol. The van der Waals surface area contributed by atoms with Crippen molar-refractivity contribution >= 4 is 43.6 Å². The minimum absolute atomic E-state index is 0.410. The normalized spacial score (nSPS) is 10.8. The fourth-order valence-electron chi connectivity index (χ4n) is 6.69. The third-order valence-corrected chi connectivity index (χ3v) is 8.72. The summed E-state index contributed by atoms with van der Waals surface area (Å²) in [4.78, 5) is 4.28. The van der Waals surface area contributed by atoms with Gasteiger partial charge in [0.2, 0.25) is 0 Å². The Labute approximate surface area is 273 Å². The molecule has 48 heavy (non-hydrogen) atoms. The first-order valence-electron chi connectivity index (χ1n) is 14.8. The average Bonchev–Trinajstić information content (AvgIpc) is 3.65. The fraction of sp³-hybridized carbons (Fsp3) is 0. The summed E-state index contributed by atoms with van der Waals surface area (Å²) < 4.78 is 4.14. The van der Waals surface area contributed by atoms with Crippen molar-refractivity contribution in [2.75, 3.05) is 0 Å². The zero-order valence-corrected chi connectivity index (χ0v) is 25.0. The van der Waals surface area contributed by atoms with E-state index in [4.69, 9.17) is 0 Å². The van der Waals surface area contributed by atoms with Gasteiger partial charge >= 0.3 is 0 Å². The maximum atomic E-state index is 10.4. The van der Waals surface area contributed by atoms with Crippen LogP contribution in [0.1, 0.15) is 27.8 Å². The van der Waals surface area contributed by atoms with Crippen molar-refractivity contribution < 1.29 is 0 Å². The summed E-state index contributed by atoms with van der Waals surface area (Å²) in [6.07, 6.45) is 3.44. The lowest BCUT2D eigenvalue weighted by atomic mass is 9.99. The van der Waals surface area contributed by atoms with Crippen molar-refractivity contribution in [2.24, 2.45) is 0 Å². The van der Waals surface area contributed by atoms with Gasteiger partial charge in [0.25, 0.3) is 0 Å². The molecule has 3 aromatic heterocycles. The summed E-state index contributed by atoms with van der Waals surface area (Å²) in [6.45, 7) is 0. The largest absolute Gasteiger partial charge is 0.308 e. The van der Waals surface area contributed by atoms with E-state index in [0.29, 0.717) is 39.2 Å². The van der Waals surface area contributed by atoms with Gasteiger partial charge < -0.3 is 9.13 Å². The van der Waals surface area contributed by atoms with Crippen LogP contribution in [0.15, 0.2) is 109 Å². The second-order valence-corrected chi connectivity index (χ2v) is 11.3. The molecule has 0 aliphatic rings. The molecule has 0 aliphatic heterocycles. The van der Waals surface area contributed by atoms with Crippen molar-refractivity contribution in [3.05, 3.63) is 137 Å². The van der Waals surface area contributed by atoms with Gasteiger partial charge in [0.05, 0.1) is 91.6 Å². The van der Waals surface area contributed by atoms with Gasteiger partial charge in [-0.05, 0) is 103 Å². The number of fused-ring (bicyclic) bond motifs is 6. The maximum Gasteiger partial charge on any atom is 0.0993 e. The van der Waals surface area contributed by atoms with Crippen molar-refractivity contribution in [3.8, 4) is 52.8 Å². The minimum Gasteiger partial charge on any atom is -0.308 e. The van der Waals surface area contributed by atoms with E-state index >= 15 is 0 Å². The van der Waals surface area contributed by atoms with Crippen LogP contribution in [0.25, 0.3) is 66.1 Å². The molecule has 8 aromatic rings. The van der Waals surface area contributed by atoms with Crippen molar-refractivity contribution in [1.29, 1.82) is 26.3 Å². The second-order valence-electron chi connectivity index (χ2n) is 11.3. The summed E-state index contributed by atoms with van der Waals surface area (Å²) in [5.74, 6) is 0. The Morgan fingerprint density at radius 2 is 0.729 bits per heavy atom. The monoisotopic (exact) mass is 610 g/mol. The first kappa shape index (κ1) is 27.8. The van der Waals surface area contributed by atoms with E-state index in [0.717, 1.165) is 54.7 Å². The van der Waals surface area contributed by atoms with Crippen molar-refractivity contribution in [2.45, 2.75) is 0 Å². The number of nitriles is 5. The summed E-state index contributed by atoms with van der Waals surface area (Å²) in [5.41, 5.74) is 8.63. The Morgan fingerprint density at radius 1 is 0.396 bits per heavy atom. The third-order valence-electron chi connectivity index (χ3n) is 8.72. The topological polar surface area (TPSA) is 142 Å². The number of aromatic nitrogens is 3. The molecule has 0 N–H and O–H groups in total. The fourth-order valence-corrected chi connectivity index (χ4v) is 6.69. The lowest BCUT2D eigenvalue weighted by molar-refractivity contribution is 1.13. The summed E-state index contributed by atoms with van der Waals surface area (Å²) >= 11 is 0. The van der Waals surface area contributed by atoms with Gasteiger partial charge in [-0.25, -0.2) is 0 Å². The molecule has 0 amide bonds. The van der Waals surface area contributed by atoms with E-state index in [2.05, 4.69) is 44.5 Å². The molecule has 3 heterocycles. The van der Waals surface area contributed by atoms with Crippen LogP contribution in [0, 0.1) is 56.7 Å². The van der Waals surface area contributed by atoms with Crippen LogP contribution in [-0.2, 0) is 0 Å². The Hall–Kier alpha value is -7.70. The van der Waals surface area contributed by atoms with Crippen LogP contribution >= 0.6 is 0 Å². The molecule has 8 rings (SSSR count). The van der Waals surface area contributed by atoms with Gasteiger partial charge in [0.1, 0.15) is 0 Å². The number of hydrogen-bond donors (Lipinski definition) is 0. The molecular formula is C40H18N8. The van der Waals surface area contributed by atoms with Crippen molar-refractivity contribution in [1.82, 2.24) is 14.1 Å². The lowest BCUT2D eigenvalue weighted by Crippen LogP contribution is -2.05. The van der Waals surface area contributed by atoms with E-state index in [9.17, 15) is 26.3 Å². The van der Waals surface area contributed by atoms with Gasteiger partial charge in [-0.2, -0.15) is 26.3 Å². The first-order valence-corrected chi connectivity index (χ1v) is 14.8. The lowest BCUT2D eigenvalue weighted by Gasteiger charge is -2.20. The van der Waals surface area contributed by atoms with E-state index < -0.39 is 0 Å². The zero-order valence-electron chi connectivity index (χ0n) is 25.0. The highest BCUT2D eigenvalue weighted by molar-refractivity contribution is 6.12. The molecule has 0 spiro atoms.